The van der Waals surface area contributed by atoms with Gasteiger partial charge in [0.2, 0.25) is 0 Å². The molecule has 0 unspecified atom stereocenters. The molecule has 94 valence electrons. The maximum atomic E-state index is 10.9. The highest BCUT2D eigenvalue weighted by molar-refractivity contribution is 5.01. The van der Waals surface area contributed by atoms with E-state index in [2.05, 4.69) is 6.92 Å². The minimum Gasteiger partial charge on any atom is -0.396 e. The van der Waals surface area contributed by atoms with E-state index in [1.165, 1.54) is 19.3 Å². The molecule has 2 saturated carbocycles. The molecule has 16 heavy (non-hydrogen) atoms. The lowest BCUT2D eigenvalue weighted by Crippen LogP contribution is -2.53. The van der Waals surface area contributed by atoms with Crippen molar-refractivity contribution in [2.75, 3.05) is 6.61 Å². The summed E-state index contributed by atoms with van der Waals surface area (Å²) in [4.78, 5) is 0. The third-order valence-electron chi connectivity index (χ3n) is 5.20. The Balaban J connectivity index is 2.12. The molecule has 2 nitrogen and oxygen atoms in total. The van der Waals surface area contributed by atoms with E-state index in [0.717, 1.165) is 44.4 Å². The van der Waals surface area contributed by atoms with Crippen molar-refractivity contribution in [3.8, 4) is 0 Å². The van der Waals surface area contributed by atoms with Crippen molar-refractivity contribution in [3.63, 3.8) is 0 Å². The first-order valence-corrected chi connectivity index (χ1v) is 6.95. The van der Waals surface area contributed by atoms with Crippen molar-refractivity contribution in [2.24, 2.45) is 11.3 Å². The molecule has 0 atom stereocenters. The van der Waals surface area contributed by atoms with E-state index >= 15 is 0 Å². The van der Waals surface area contributed by atoms with Gasteiger partial charge < -0.3 is 10.2 Å². The van der Waals surface area contributed by atoms with Gasteiger partial charge in [0, 0.05) is 5.41 Å². The van der Waals surface area contributed by atoms with Crippen molar-refractivity contribution in [3.05, 3.63) is 0 Å². The zero-order valence-electron chi connectivity index (χ0n) is 10.5. The molecule has 0 aromatic carbocycles. The normalized spacial score (nSPS) is 39.6. The second-order valence-corrected chi connectivity index (χ2v) is 6.21. The zero-order chi connectivity index (χ0) is 11.6. The molecule has 0 amide bonds. The van der Waals surface area contributed by atoms with Gasteiger partial charge in [-0.25, -0.2) is 0 Å². The molecule has 2 N–H and O–H groups in total. The highest BCUT2D eigenvalue weighted by Crippen LogP contribution is 2.51. The fraction of sp³-hybridized carbons (Fsp3) is 1.00. The van der Waals surface area contributed by atoms with Crippen LogP contribution in [0.1, 0.15) is 64.7 Å². The molecule has 0 radical (unpaired) electrons. The molecule has 0 aromatic heterocycles. The van der Waals surface area contributed by atoms with Gasteiger partial charge in [-0.15, -0.1) is 0 Å². The minimum atomic E-state index is -0.575. The summed E-state index contributed by atoms with van der Waals surface area (Å²) in [6.45, 7) is 2.45. The molecule has 2 aliphatic rings. The summed E-state index contributed by atoms with van der Waals surface area (Å²) in [5.41, 5.74) is -0.750. The summed E-state index contributed by atoms with van der Waals surface area (Å²) < 4.78 is 0. The molecular formula is C14H26O2. The number of rotatable bonds is 2. The van der Waals surface area contributed by atoms with Crippen LogP contribution in [0.3, 0.4) is 0 Å². The highest BCUT2D eigenvalue weighted by atomic mass is 16.3. The van der Waals surface area contributed by atoms with Crippen molar-refractivity contribution in [2.45, 2.75) is 70.3 Å². The Kier molecular flexibility index (Phi) is 3.60. The number of hydrogen-bond acceptors (Lipinski definition) is 2. The van der Waals surface area contributed by atoms with E-state index < -0.39 is 5.60 Å². The van der Waals surface area contributed by atoms with Crippen molar-refractivity contribution < 1.29 is 10.2 Å². The van der Waals surface area contributed by atoms with E-state index in [4.69, 9.17) is 0 Å². The van der Waals surface area contributed by atoms with Gasteiger partial charge in [-0.3, -0.25) is 0 Å². The van der Waals surface area contributed by atoms with Crippen LogP contribution in [0.15, 0.2) is 0 Å². The lowest BCUT2D eigenvalue weighted by atomic mass is 9.58. The summed E-state index contributed by atoms with van der Waals surface area (Å²) in [7, 11) is 0. The van der Waals surface area contributed by atoms with Gasteiger partial charge in [-0.1, -0.05) is 26.2 Å². The molecular weight excluding hydrogens is 200 g/mol. The molecule has 2 heteroatoms. The molecule has 0 saturated heterocycles. The Morgan fingerprint density at radius 2 is 1.56 bits per heavy atom. The summed E-state index contributed by atoms with van der Waals surface area (Å²) in [6, 6.07) is 0. The van der Waals surface area contributed by atoms with Gasteiger partial charge in [-0.05, 0) is 44.4 Å². The maximum Gasteiger partial charge on any atom is 0.0725 e. The standard InChI is InChI=1S/C14H26O2/c1-12-5-9-14(16,10-6-12)13(11-15)7-3-2-4-8-13/h12,15-16H,2-11H2,1H3. The Bertz CT molecular complexity index is 223. The Morgan fingerprint density at radius 3 is 2.06 bits per heavy atom. The first-order valence-electron chi connectivity index (χ1n) is 6.95. The van der Waals surface area contributed by atoms with Gasteiger partial charge in [0.15, 0.2) is 0 Å². The predicted octanol–water partition coefficient (Wildman–Crippen LogP) is 2.87. The van der Waals surface area contributed by atoms with Crippen LogP contribution in [-0.4, -0.2) is 22.4 Å². The number of hydrogen-bond donors (Lipinski definition) is 2. The second kappa shape index (κ2) is 4.66. The molecule has 0 heterocycles. The molecule has 2 rings (SSSR count). The third-order valence-corrected chi connectivity index (χ3v) is 5.20. The van der Waals surface area contributed by atoms with Crippen LogP contribution in [0.2, 0.25) is 0 Å². The molecule has 0 bridgehead atoms. The van der Waals surface area contributed by atoms with E-state index in [0.29, 0.717) is 0 Å². The van der Waals surface area contributed by atoms with Crippen LogP contribution in [0.25, 0.3) is 0 Å². The minimum absolute atomic E-state index is 0.175. The first kappa shape index (κ1) is 12.4. The quantitative estimate of drug-likeness (QED) is 0.760. The van der Waals surface area contributed by atoms with Crippen molar-refractivity contribution >= 4 is 0 Å². The maximum absolute atomic E-state index is 10.9. The Morgan fingerprint density at radius 1 is 1.00 bits per heavy atom. The molecule has 2 aliphatic carbocycles. The van der Waals surface area contributed by atoms with Gasteiger partial charge >= 0.3 is 0 Å². The van der Waals surface area contributed by atoms with Crippen LogP contribution in [-0.2, 0) is 0 Å². The fourth-order valence-corrected chi connectivity index (χ4v) is 3.77. The van der Waals surface area contributed by atoms with E-state index in [1.54, 1.807) is 0 Å². The zero-order valence-corrected chi connectivity index (χ0v) is 10.5. The molecule has 0 aromatic rings. The van der Waals surface area contributed by atoms with Crippen LogP contribution in [0.5, 0.6) is 0 Å². The smallest absolute Gasteiger partial charge is 0.0725 e. The van der Waals surface area contributed by atoms with Gasteiger partial charge in [0.25, 0.3) is 0 Å². The third kappa shape index (κ3) is 2.02. The average molecular weight is 226 g/mol. The number of aliphatic hydroxyl groups excluding tert-OH is 1. The molecule has 2 fully saturated rings. The monoisotopic (exact) mass is 226 g/mol. The molecule has 0 aliphatic heterocycles. The van der Waals surface area contributed by atoms with Gasteiger partial charge in [-0.2, -0.15) is 0 Å². The van der Waals surface area contributed by atoms with Gasteiger partial charge in [0.05, 0.1) is 12.2 Å². The summed E-state index contributed by atoms with van der Waals surface area (Å²) in [6.07, 6.45) is 9.72. The van der Waals surface area contributed by atoms with Crippen LogP contribution in [0.4, 0.5) is 0 Å². The predicted molar refractivity (Wildman–Crippen MR) is 65.2 cm³/mol. The van der Waals surface area contributed by atoms with E-state index in [1.807, 2.05) is 0 Å². The SMILES string of the molecule is CC1CCC(O)(C2(CO)CCCCC2)CC1. The highest BCUT2D eigenvalue weighted by Gasteiger charge is 2.50. The van der Waals surface area contributed by atoms with Crippen LogP contribution < -0.4 is 0 Å². The number of aliphatic hydroxyl groups is 2. The van der Waals surface area contributed by atoms with Gasteiger partial charge in [0.1, 0.15) is 0 Å². The summed E-state index contributed by atoms with van der Waals surface area (Å²) in [5, 5.41) is 20.7. The lowest BCUT2D eigenvalue weighted by Gasteiger charge is -2.51. The summed E-state index contributed by atoms with van der Waals surface area (Å²) >= 11 is 0. The average Bonchev–Trinajstić information content (AvgIpc) is 2.34. The van der Waals surface area contributed by atoms with E-state index in [-0.39, 0.29) is 12.0 Å². The Labute approximate surface area is 99.1 Å². The largest absolute Gasteiger partial charge is 0.396 e. The Hall–Kier alpha value is -0.0800. The van der Waals surface area contributed by atoms with Crippen molar-refractivity contribution in [1.29, 1.82) is 0 Å². The fourth-order valence-electron chi connectivity index (χ4n) is 3.77. The van der Waals surface area contributed by atoms with Crippen LogP contribution >= 0.6 is 0 Å². The van der Waals surface area contributed by atoms with Crippen molar-refractivity contribution in [1.82, 2.24) is 0 Å². The first-order chi connectivity index (χ1) is 7.62. The molecule has 0 spiro atoms. The summed E-state index contributed by atoms with van der Waals surface area (Å²) in [5.74, 6) is 0.750. The lowest BCUT2D eigenvalue weighted by molar-refractivity contribution is -0.150. The van der Waals surface area contributed by atoms with Crippen LogP contribution in [0, 0.1) is 11.3 Å². The topological polar surface area (TPSA) is 40.5 Å². The van der Waals surface area contributed by atoms with E-state index in [9.17, 15) is 10.2 Å². The second-order valence-electron chi connectivity index (χ2n) is 6.21.